The molecule has 0 aliphatic carbocycles. The Balaban J connectivity index is 2.04. The third-order valence-electron chi connectivity index (χ3n) is 2.58. The topological polar surface area (TPSA) is 72.1 Å². The van der Waals surface area contributed by atoms with Gasteiger partial charge in [-0.2, -0.15) is 0 Å². The first-order valence-corrected chi connectivity index (χ1v) is 5.07. The van der Waals surface area contributed by atoms with Crippen LogP contribution in [0, 0.1) is 0 Å². The molecule has 1 unspecified atom stereocenters. The van der Waals surface area contributed by atoms with E-state index >= 15 is 0 Å². The summed E-state index contributed by atoms with van der Waals surface area (Å²) in [7, 11) is 0. The number of hydrogen-bond donors (Lipinski definition) is 1. The maximum absolute atomic E-state index is 10.9. The van der Waals surface area contributed by atoms with Gasteiger partial charge in [-0.25, -0.2) is 9.78 Å². The zero-order valence-corrected chi connectivity index (χ0v) is 8.81. The number of carbonyl (C=O) groups is 1. The van der Waals surface area contributed by atoms with Gasteiger partial charge in [0.25, 0.3) is 0 Å². The molecule has 1 atom stereocenters. The third kappa shape index (κ3) is 2.02. The predicted octanol–water partition coefficient (Wildman–Crippen LogP) is 0.825. The average molecular weight is 227 g/mol. The van der Waals surface area contributed by atoms with Gasteiger partial charge < -0.3 is 10.6 Å². The van der Waals surface area contributed by atoms with Crippen LogP contribution in [-0.4, -0.2) is 33.5 Å². The van der Waals surface area contributed by atoms with Crippen molar-refractivity contribution in [1.82, 2.24) is 14.9 Å². The summed E-state index contributed by atoms with van der Waals surface area (Å²) in [4.78, 5) is 20.6. The Bertz CT molecular complexity index is 384. The molecule has 2 N–H and O–H groups in total. The quantitative estimate of drug-likeness (QED) is 0.812. The Hall–Kier alpha value is -1.36. The molecule has 1 aliphatic rings. The van der Waals surface area contributed by atoms with E-state index in [2.05, 4.69) is 9.97 Å². The molecule has 15 heavy (non-hydrogen) atoms. The Morgan fingerprint density at radius 3 is 2.87 bits per heavy atom. The van der Waals surface area contributed by atoms with E-state index in [-0.39, 0.29) is 12.1 Å². The highest BCUT2D eigenvalue weighted by molar-refractivity contribution is 6.29. The van der Waals surface area contributed by atoms with E-state index < -0.39 is 0 Å². The van der Waals surface area contributed by atoms with E-state index in [0.717, 1.165) is 18.7 Å². The Morgan fingerprint density at radius 2 is 2.33 bits per heavy atom. The van der Waals surface area contributed by atoms with E-state index in [9.17, 15) is 4.79 Å². The molecule has 6 heteroatoms. The van der Waals surface area contributed by atoms with Crippen LogP contribution in [0.5, 0.6) is 0 Å². The van der Waals surface area contributed by atoms with Crippen LogP contribution in [0.25, 0.3) is 0 Å². The number of amides is 2. The molecule has 2 amide bonds. The van der Waals surface area contributed by atoms with Crippen LogP contribution >= 0.6 is 11.6 Å². The molecule has 2 rings (SSSR count). The number of hydrogen-bond acceptors (Lipinski definition) is 3. The second-order valence-corrected chi connectivity index (χ2v) is 3.83. The summed E-state index contributed by atoms with van der Waals surface area (Å²) < 4.78 is 0. The lowest BCUT2D eigenvalue weighted by Gasteiger charge is -2.39. The van der Waals surface area contributed by atoms with Crippen LogP contribution in [-0.2, 0) is 6.42 Å². The van der Waals surface area contributed by atoms with Crippen molar-refractivity contribution in [1.29, 1.82) is 0 Å². The van der Waals surface area contributed by atoms with Gasteiger partial charge >= 0.3 is 6.03 Å². The van der Waals surface area contributed by atoms with Crippen molar-refractivity contribution in [3.8, 4) is 0 Å². The molecule has 0 radical (unpaired) electrons. The van der Waals surface area contributed by atoms with Crippen LogP contribution in [0.15, 0.2) is 12.4 Å². The largest absolute Gasteiger partial charge is 0.351 e. The van der Waals surface area contributed by atoms with E-state index in [1.54, 1.807) is 17.3 Å². The maximum atomic E-state index is 10.9. The molecule has 5 nitrogen and oxygen atoms in total. The first-order chi connectivity index (χ1) is 7.18. The van der Waals surface area contributed by atoms with Gasteiger partial charge in [-0.1, -0.05) is 11.6 Å². The van der Waals surface area contributed by atoms with E-state index in [1.807, 2.05) is 0 Å². The minimum absolute atomic E-state index is 0.122. The fourth-order valence-corrected chi connectivity index (χ4v) is 1.84. The zero-order valence-electron chi connectivity index (χ0n) is 8.06. The summed E-state index contributed by atoms with van der Waals surface area (Å²) in [5, 5.41) is 0.397. The molecule has 80 valence electrons. The lowest BCUT2D eigenvalue weighted by atomic mass is 9.99. The summed E-state index contributed by atoms with van der Waals surface area (Å²) in [6.45, 7) is 0.720. The predicted molar refractivity (Wildman–Crippen MR) is 55.4 cm³/mol. The van der Waals surface area contributed by atoms with Crippen molar-refractivity contribution < 1.29 is 4.79 Å². The summed E-state index contributed by atoms with van der Waals surface area (Å²) >= 11 is 5.87. The molecule has 1 fully saturated rings. The summed E-state index contributed by atoms with van der Waals surface area (Å²) in [6.07, 6.45) is 4.69. The van der Waals surface area contributed by atoms with Crippen molar-refractivity contribution in [2.24, 2.45) is 5.73 Å². The number of aromatic nitrogens is 2. The summed E-state index contributed by atoms with van der Waals surface area (Å²) in [5.74, 6) is 0. The molecular weight excluding hydrogens is 216 g/mol. The Morgan fingerprint density at radius 1 is 1.60 bits per heavy atom. The van der Waals surface area contributed by atoms with Crippen LogP contribution in [0.2, 0.25) is 5.15 Å². The lowest BCUT2D eigenvalue weighted by molar-refractivity contribution is 0.121. The summed E-state index contributed by atoms with van der Waals surface area (Å²) in [5.41, 5.74) is 5.92. The smallest absolute Gasteiger partial charge is 0.315 e. The molecule has 0 aromatic carbocycles. The highest BCUT2D eigenvalue weighted by atomic mass is 35.5. The van der Waals surface area contributed by atoms with Crippen molar-refractivity contribution >= 4 is 17.6 Å². The third-order valence-corrected chi connectivity index (χ3v) is 2.89. The average Bonchev–Trinajstić information content (AvgIpc) is 2.13. The molecular formula is C9H11ClN4O. The normalized spacial score (nSPS) is 19.8. The molecule has 1 aliphatic heterocycles. The van der Waals surface area contributed by atoms with Gasteiger partial charge in [-0.3, -0.25) is 4.98 Å². The van der Waals surface area contributed by atoms with Crippen molar-refractivity contribution in [2.75, 3.05) is 6.54 Å². The zero-order chi connectivity index (χ0) is 10.8. The first kappa shape index (κ1) is 10.2. The fourth-order valence-electron chi connectivity index (χ4n) is 1.65. The number of rotatable bonds is 2. The van der Waals surface area contributed by atoms with Gasteiger partial charge in [0.1, 0.15) is 0 Å². The van der Waals surface area contributed by atoms with Gasteiger partial charge in [0, 0.05) is 31.4 Å². The van der Waals surface area contributed by atoms with Crippen LogP contribution in [0.3, 0.4) is 0 Å². The SMILES string of the molecule is NC(=O)N1CCC1Cc1nccnc1Cl. The minimum atomic E-state index is -0.383. The number of primary amides is 1. The molecule has 1 saturated heterocycles. The van der Waals surface area contributed by atoms with Gasteiger partial charge in [-0.15, -0.1) is 0 Å². The molecule has 0 bridgehead atoms. The molecule has 1 aromatic rings. The second-order valence-electron chi connectivity index (χ2n) is 3.47. The number of urea groups is 1. The van der Waals surface area contributed by atoms with Crippen LogP contribution in [0.4, 0.5) is 4.79 Å². The molecule has 1 aromatic heterocycles. The van der Waals surface area contributed by atoms with Gasteiger partial charge in [0.15, 0.2) is 5.15 Å². The summed E-state index contributed by atoms with van der Waals surface area (Å²) in [6, 6.07) is -0.261. The standard InChI is InChI=1S/C9H11ClN4O/c10-8-7(12-2-3-13-8)5-6-1-4-14(6)9(11)15/h2-3,6H,1,4-5H2,(H2,11,15). The fraction of sp³-hybridized carbons (Fsp3) is 0.444. The van der Waals surface area contributed by atoms with Crippen molar-refractivity contribution in [3.63, 3.8) is 0 Å². The Labute approximate surface area is 92.3 Å². The molecule has 2 heterocycles. The van der Waals surface area contributed by atoms with Crippen LogP contribution in [0.1, 0.15) is 12.1 Å². The molecule has 0 saturated carbocycles. The van der Waals surface area contributed by atoms with Crippen molar-refractivity contribution in [2.45, 2.75) is 18.9 Å². The minimum Gasteiger partial charge on any atom is -0.351 e. The van der Waals surface area contributed by atoms with E-state index in [0.29, 0.717) is 11.6 Å². The number of carbonyl (C=O) groups excluding carboxylic acids is 1. The number of halogens is 1. The Kier molecular flexibility index (Phi) is 2.73. The highest BCUT2D eigenvalue weighted by Gasteiger charge is 2.31. The van der Waals surface area contributed by atoms with Gasteiger partial charge in [0.05, 0.1) is 5.69 Å². The maximum Gasteiger partial charge on any atom is 0.315 e. The lowest BCUT2D eigenvalue weighted by Crippen LogP contribution is -2.54. The van der Waals surface area contributed by atoms with Gasteiger partial charge in [-0.05, 0) is 6.42 Å². The number of likely N-dealkylation sites (tertiary alicyclic amines) is 1. The van der Waals surface area contributed by atoms with E-state index in [4.69, 9.17) is 17.3 Å². The molecule has 0 spiro atoms. The number of nitrogens with two attached hydrogens (primary N) is 1. The first-order valence-electron chi connectivity index (χ1n) is 4.70. The van der Waals surface area contributed by atoms with E-state index in [1.165, 1.54) is 0 Å². The van der Waals surface area contributed by atoms with Crippen molar-refractivity contribution in [3.05, 3.63) is 23.2 Å². The number of nitrogens with zero attached hydrogens (tertiary/aromatic N) is 3. The highest BCUT2D eigenvalue weighted by Crippen LogP contribution is 2.22. The second kappa shape index (κ2) is 4.02. The monoisotopic (exact) mass is 226 g/mol. The van der Waals surface area contributed by atoms with Crippen LogP contribution < -0.4 is 5.73 Å². The van der Waals surface area contributed by atoms with Gasteiger partial charge in [0.2, 0.25) is 0 Å².